The molecule has 0 spiro atoms. The van der Waals surface area contributed by atoms with Crippen LogP contribution in [0.4, 0.5) is 0 Å². The maximum Gasteiger partial charge on any atom is 0.160 e. The third-order valence-corrected chi connectivity index (χ3v) is 5.63. The lowest BCUT2D eigenvalue weighted by Crippen LogP contribution is -2.33. The van der Waals surface area contributed by atoms with Crippen LogP contribution in [0, 0.1) is 17.3 Å². The van der Waals surface area contributed by atoms with E-state index in [0.29, 0.717) is 24.5 Å². The average molecular weight is 302 g/mol. The van der Waals surface area contributed by atoms with E-state index in [-0.39, 0.29) is 11.7 Å². The van der Waals surface area contributed by atoms with Gasteiger partial charge >= 0.3 is 0 Å². The molecule has 1 saturated carbocycles. The van der Waals surface area contributed by atoms with Crippen molar-refractivity contribution >= 4 is 11.6 Å². The van der Waals surface area contributed by atoms with Crippen molar-refractivity contribution in [2.45, 2.75) is 73.1 Å². The standard InChI is InChI=1S/C20H30O2/c1-13(2)19-16-10-9-14(3)7-6-8-15(4)11-18(22)20(16,5)12-17(19)21/h7,15-16H,6,8-12H2,1-5H3/b14-7+/t15-,16-,20-/m1/s1. The predicted molar refractivity (Wildman–Crippen MR) is 90.6 cm³/mol. The Morgan fingerprint density at radius 2 is 1.91 bits per heavy atom. The Labute approximate surface area is 135 Å². The topological polar surface area (TPSA) is 34.1 Å². The molecule has 0 aromatic rings. The number of hydrogen-bond donors (Lipinski definition) is 0. The van der Waals surface area contributed by atoms with E-state index in [9.17, 15) is 9.59 Å². The molecule has 0 aromatic heterocycles. The summed E-state index contributed by atoms with van der Waals surface area (Å²) >= 11 is 0. The summed E-state index contributed by atoms with van der Waals surface area (Å²) in [5.41, 5.74) is 2.95. The molecule has 1 fully saturated rings. The fourth-order valence-corrected chi connectivity index (χ4v) is 4.19. The van der Waals surface area contributed by atoms with Gasteiger partial charge in [0.15, 0.2) is 5.78 Å². The Morgan fingerprint density at radius 3 is 2.55 bits per heavy atom. The van der Waals surface area contributed by atoms with Gasteiger partial charge in [0.05, 0.1) is 0 Å². The van der Waals surface area contributed by atoms with Gasteiger partial charge in [0.2, 0.25) is 0 Å². The van der Waals surface area contributed by atoms with Gasteiger partial charge in [-0.15, -0.1) is 0 Å². The highest BCUT2D eigenvalue weighted by molar-refractivity contribution is 6.05. The molecule has 2 nitrogen and oxygen atoms in total. The maximum absolute atomic E-state index is 13.0. The predicted octanol–water partition coefficient (Wildman–Crippen LogP) is 5.03. The molecule has 2 aliphatic carbocycles. The minimum atomic E-state index is -0.484. The Balaban J connectivity index is 2.43. The molecule has 0 bridgehead atoms. The summed E-state index contributed by atoms with van der Waals surface area (Å²) in [6.07, 6.45) is 7.39. The van der Waals surface area contributed by atoms with E-state index in [4.69, 9.17) is 0 Å². The highest BCUT2D eigenvalue weighted by Gasteiger charge is 2.51. The van der Waals surface area contributed by atoms with Crippen LogP contribution in [0.25, 0.3) is 0 Å². The van der Waals surface area contributed by atoms with Gasteiger partial charge in [-0.2, -0.15) is 0 Å². The van der Waals surface area contributed by atoms with E-state index < -0.39 is 5.41 Å². The SMILES string of the molecule is CC(C)=C1C(=O)C[C@@]2(C)C(=O)C[C@H](C)CC/C=C(\C)CC[C@H]12. The normalized spacial score (nSPS) is 36.4. The maximum atomic E-state index is 13.0. The lowest BCUT2D eigenvalue weighted by Gasteiger charge is -2.31. The summed E-state index contributed by atoms with van der Waals surface area (Å²) in [4.78, 5) is 25.5. The fourth-order valence-electron chi connectivity index (χ4n) is 4.19. The quantitative estimate of drug-likeness (QED) is 0.464. The van der Waals surface area contributed by atoms with Gasteiger partial charge in [0, 0.05) is 24.2 Å². The van der Waals surface area contributed by atoms with Crippen molar-refractivity contribution in [3.8, 4) is 0 Å². The van der Waals surface area contributed by atoms with Gasteiger partial charge in [0.25, 0.3) is 0 Å². The lowest BCUT2D eigenvalue weighted by molar-refractivity contribution is -0.132. The summed E-state index contributed by atoms with van der Waals surface area (Å²) in [5, 5.41) is 0. The molecular formula is C20H30O2. The van der Waals surface area contributed by atoms with Crippen molar-refractivity contribution in [3.63, 3.8) is 0 Å². The number of carbonyl (C=O) groups is 2. The smallest absolute Gasteiger partial charge is 0.160 e. The largest absolute Gasteiger partial charge is 0.299 e. The number of ketones is 2. The van der Waals surface area contributed by atoms with Gasteiger partial charge in [-0.25, -0.2) is 0 Å². The van der Waals surface area contributed by atoms with Crippen LogP contribution in [0.3, 0.4) is 0 Å². The highest BCUT2D eigenvalue weighted by Crippen LogP contribution is 2.50. The second kappa shape index (κ2) is 6.52. The van der Waals surface area contributed by atoms with Crippen molar-refractivity contribution in [1.82, 2.24) is 0 Å². The lowest BCUT2D eigenvalue weighted by atomic mass is 9.70. The molecule has 0 N–H and O–H groups in total. The van der Waals surface area contributed by atoms with Gasteiger partial charge in [-0.3, -0.25) is 9.59 Å². The average Bonchev–Trinajstić information content (AvgIpc) is 2.67. The molecule has 0 amide bonds. The minimum Gasteiger partial charge on any atom is -0.299 e. The molecule has 3 atom stereocenters. The van der Waals surface area contributed by atoms with Gasteiger partial charge < -0.3 is 0 Å². The fraction of sp³-hybridized carbons (Fsp3) is 0.700. The molecule has 2 heteroatoms. The van der Waals surface area contributed by atoms with Crippen LogP contribution in [-0.2, 0) is 9.59 Å². The Kier molecular flexibility index (Phi) is 5.09. The first-order chi connectivity index (χ1) is 10.3. The molecule has 0 saturated heterocycles. The molecule has 2 aliphatic rings. The number of Topliss-reactive ketones (excluding diaryl/α,β-unsaturated/α-hetero) is 2. The Morgan fingerprint density at radius 1 is 1.23 bits per heavy atom. The van der Waals surface area contributed by atoms with Crippen LogP contribution in [0.5, 0.6) is 0 Å². The zero-order valence-corrected chi connectivity index (χ0v) is 14.8. The van der Waals surface area contributed by atoms with Crippen molar-refractivity contribution in [2.75, 3.05) is 0 Å². The number of hydrogen-bond acceptors (Lipinski definition) is 2. The van der Waals surface area contributed by atoms with Gasteiger partial charge in [0.1, 0.15) is 5.78 Å². The molecule has 0 radical (unpaired) electrons. The number of carbonyl (C=O) groups excluding carboxylic acids is 2. The molecule has 2 rings (SSSR count). The molecule has 0 aliphatic heterocycles. The summed E-state index contributed by atoms with van der Waals surface area (Å²) in [6, 6.07) is 0. The van der Waals surface area contributed by atoms with Gasteiger partial charge in [-0.05, 0) is 57.9 Å². The van der Waals surface area contributed by atoms with E-state index in [1.165, 1.54) is 5.57 Å². The molecule has 22 heavy (non-hydrogen) atoms. The molecule has 0 heterocycles. The van der Waals surface area contributed by atoms with Crippen LogP contribution in [0.1, 0.15) is 73.1 Å². The van der Waals surface area contributed by atoms with Crippen molar-refractivity contribution in [1.29, 1.82) is 0 Å². The van der Waals surface area contributed by atoms with E-state index >= 15 is 0 Å². The molecular weight excluding hydrogens is 272 g/mol. The third-order valence-electron chi connectivity index (χ3n) is 5.63. The van der Waals surface area contributed by atoms with E-state index in [2.05, 4.69) is 19.9 Å². The second-order valence-electron chi connectivity index (χ2n) is 7.88. The first kappa shape index (κ1) is 17.2. The minimum absolute atomic E-state index is 0.103. The molecule has 122 valence electrons. The van der Waals surface area contributed by atoms with Crippen molar-refractivity contribution in [3.05, 3.63) is 22.8 Å². The van der Waals surface area contributed by atoms with Crippen LogP contribution < -0.4 is 0 Å². The Hall–Kier alpha value is -1.18. The van der Waals surface area contributed by atoms with Crippen LogP contribution in [0.2, 0.25) is 0 Å². The molecule has 0 aromatic carbocycles. The summed E-state index contributed by atoms with van der Waals surface area (Å²) in [7, 11) is 0. The first-order valence-corrected chi connectivity index (χ1v) is 8.65. The summed E-state index contributed by atoms with van der Waals surface area (Å²) in [6.45, 7) is 10.4. The van der Waals surface area contributed by atoms with E-state index in [0.717, 1.165) is 36.8 Å². The second-order valence-corrected chi connectivity index (χ2v) is 7.88. The van der Waals surface area contributed by atoms with Crippen LogP contribution in [-0.4, -0.2) is 11.6 Å². The van der Waals surface area contributed by atoms with E-state index in [1.54, 1.807) is 0 Å². The third kappa shape index (κ3) is 3.26. The summed E-state index contributed by atoms with van der Waals surface area (Å²) < 4.78 is 0. The first-order valence-electron chi connectivity index (χ1n) is 8.65. The highest BCUT2D eigenvalue weighted by atomic mass is 16.1. The molecule has 0 unspecified atom stereocenters. The van der Waals surface area contributed by atoms with Crippen LogP contribution >= 0.6 is 0 Å². The number of allylic oxidation sites excluding steroid dienone is 4. The van der Waals surface area contributed by atoms with E-state index in [1.807, 2.05) is 20.8 Å². The van der Waals surface area contributed by atoms with Crippen LogP contribution in [0.15, 0.2) is 22.8 Å². The van der Waals surface area contributed by atoms with Gasteiger partial charge in [-0.1, -0.05) is 31.1 Å². The zero-order valence-electron chi connectivity index (χ0n) is 14.8. The van der Waals surface area contributed by atoms with Crippen molar-refractivity contribution < 1.29 is 9.59 Å². The zero-order chi connectivity index (χ0) is 16.5. The monoisotopic (exact) mass is 302 g/mol. The number of rotatable bonds is 0. The Bertz CT molecular complexity index is 534. The number of fused-ring (bicyclic) bond motifs is 1. The van der Waals surface area contributed by atoms with Crippen molar-refractivity contribution in [2.24, 2.45) is 17.3 Å². The summed E-state index contributed by atoms with van der Waals surface area (Å²) in [5.74, 6) is 1.01.